The number of hydrogen-bond donors (Lipinski definition) is 3. The van der Waals surface area contributed by atoms with E-state index in [2.05, 4.69) is 41.8 Å². The molecule has 0 aromatic heterocycles. The van der Waals surface area contributed by atoms with Gasteiger partial charge in [-0.1, -0.05) is 60.7 Å². The maximum atomic E-state index is 10.00. The molecule has 3 heteroatoms. The Hall–Kier alpha value is -1.68. The summed E-state index contributed by atoms with van der Waals surface area (Å²) in [4.78, 5) is 0. The molecule has 0 aliphatic heterocycles. The lowest BCUT2D eigenvalue weighted by Crippen LogP contribution is -2.36. The van der Waals surface area contributed by atoms with Crippen molar-refractivity contribution in [1.29, 1.82) is 0 Å². The highest BCUT2D eigenvalue weighted by atomic mass is 16.3. The summed E-state index contributed by atoms with van der Waals surface area (Å²) in [7, 11) is 0. The quantitative estimate of drug-likeness (QED) is 0.698. The third kappa shape index (κ3) is 5.68. The van der Waals surface area contributed by atoms with Gasteiger partial charge in [-0.3, -0.25) is 0 Å². The molecule has 0 saturated carbocycles. The number of aliphatic hydroxyl groups excluding tert-OH is 1. The van der Waals surface area contributed by atoms with Gasteiger partial charge in [-0.25, -0.2) is 0 Å². The topological polar surface area (TPSA) is 44.3 Å². The lowest BCUT2D eigenvalue weighted by molar-refractivity contribution is 0.164. The molecule has 21 heavy (non-hydrogen) atoms. The van der Waals surface area contributed by atoms with Crippen LogP contribution in [0.1, 0.15) is 24.1 Å². The smallest absolute Gasteiger partial charge is 0.0789 e. The lowest BCUT2D eigenvalue weighted by Gasteiger charge is -2.18. The molecule has 0 amide bonds. The predicted octanol–water partition coefficient (Wildman–Crippen LogP) is 2.49. The summed E-state index contributed by atoms with van der Waals surface area (Å²) in [5.41, 5.74) is 2.47. The molecule has 0 aliphatic rings. The van der Waals surface area contributed by atoms with Crippen LogP contribution in [-0.2, 0) is 6.54 Å². The van der Waals surface area contributed by atoms with Crippen LogP contribution >= 0.6 is 0 Å². The summed E-state index contributed by atoms with van der Waals surface area (Å²) < 4.78 is 0. The Morgan fingerprint density at radius 2 is 1.52 bits per heavy atom. The van der Waals surface area contributed by atoms with Crippen LogP contribution in [0.5, 0.6) is 0 Å². The first kappa shape index (κ1) is 15.7. The number of hydrogen-bond acceptors (Lipinski definition) is 3. The number of rotatable bonds is 8. The van der Waals surface area contributed by atoms with E-state index in [0.29, 0.717) is 13.1 Å². The van der Waals surface area contributed by atoms with E-state index in [-0.39, 0.29) is 12.1 Å². The van der Waals surface area contributed by atoms with E-state index in [1.165, 1.54) is 11.1 Å². The number of benzene rings is 2. The average molecular weight is 284 g/mol. The van der Waals surface area contributed by atoms with Crippen molar-refractivity contribution in [2.24, 2.45) is 0 Å². The minimum Gasteiger partial charge on any atom is -0.390 e. The van der Waals surface area contributed by atoms with Crippen LogP contribution in [0, 0.1) is 0 Å². The Balaban J connectivity index is 1.64. The van der Waals surface area contributed by atoms with E-state index in [9.17, 15) is 5.11 Å². The van der Waals surface area contributed by atoms with Gasteiger partial charge in [-0.05, 0) is 18.1 Å². The van der Waals surface area contributed by atoms with Crippen molar-refractivity contribution in [3.8, 4) is 0 Å². The first-order chi connectivity index (χ1) is 10.3. The summed E-state index contributed by atoms with van der Waals surface area (Å²) in [6.45, 7) is 4.06. The van der Waals surface area contributed by atoms with Crippen LogP contribution in [-0.4, -0.2) is 24.3 Å². The Morgan fingerprint density at radius 1 is 0.905 bits per heavy atom. The first-order valence-electron chi connectivity index (χ1n) is 7.46. The third-order valence-electron chi connectivity index (χ3n) is 3.51. The molecular weight excluding hydrogens is 260 g/mol. The molecule has 2 aromatic rings. The van der Waals surface area contributed by atoms with Crippen molar-refractivity contribution >= 4 is 0 Å². The van der Waals surface area contributed by atoms with Crippen LogP contribution in [0.15, 0.2) is 60.7 Å². The number of aliphatic hydroxyl groups is 1. The maximum Gasteiger partial charge on any atom is 0.0789 e. The standard InChI is InChI=1S/C18H24N2O/c1-15(17-10-6-3-7-11-17)20-14-18(21)13-19-12-16-8-4-2-5-9-16/h2-11,15,18-21H,12-14H2,1H3/t15-,18?/m0/s1. The maximum absolute atomic E-state index is 10.00. The fourth-order valence-electron chi connectivity index (χ4n) is 2.22. The molecule has 2 aromatic carbocycles. The van der Waals surface area contributed by atoms with Crippen LogP contribution in [0.25, 0.3) is 0 Å². The second kappa shape index (κ2) is 8.57. The summed E-state index contributed by atoms with van der Waals surface area (Å²) in [6, 6.07) is 20.7. The van der Waals surface area contributed by atoms with E-state index < -0.39 is 0 Å². The van der Waals surface area contributed by atoms with Gasteiger partial charge in [-0.2, -0.15) is 0 Å². The molecule has 0 spiro atoms. The van der Waals surface area contributed by atoms with Crippen LogP contribution < -0.4 is 10.6 Å². The monoisotopic (exact) mass is 284 g/mol. The fourth-order valence-corrected chi connectivity index (χ4v) is 2.22. The molecule has 0 heterocycles. The van der Waals surface area contributed by atoms with Crippen molar-refractivity contribution in [3.05, 3.63) is 71.8 Å². The van der Waals surface area contributed by atoms with E-state index in [4.69, 9.17) is 0 Å². The van der Waals surface area contributed by atoms with Gasteiger partial charge in [0.2, 0.25) is 0 Å². The molecule has 3 N–H and O–H groups in total. The van der Waals surface area contributed by atoms with Gasteiger partial charge in [0, 0.05) is 25.7 Å². The van der Waals surface area contributed by atoms with Crippen LogP contribution in [0.4, 0.5) is 0 Å². The normalized spacial score (nSPS) is 13.8. The minimum atomic E-state index is -0.389. The zero-order valence-corrected chi connectivity index (χ0v) is 12.5. The second-order valence-electron chi connectivity index (χ2n) is 5.31. The minimum absolute atomic E-state index is 0.245. The van der Waals surface area contributed by atoms with Crippen molar-refractivity contribution in [1.82, 2.24) is 10.6 Å². The molecule has 2 rings (SSSR count). The SMILES string of the molecule is C[C@H](NCC(O)CNCc1ccccc1)c1ccccc1. The van der Waals surface area contributed by atoms with Crippen molar-refractivity contribution < 1.29 is 5.11 Å². The van der Waals surface area contributed by atoms with Crippen molar-refractivity contribution in [3.63, 3.8) is 0 Å². The van der Waals surface area contributed by atoms with E-state index in [1.54, 1.807) is 0 Å². The van der Waals surface area contributed by atoms with E-state index in [0.717, 1.165) is 6.54 Å². The largest absolute Gasteiger partial charge is 0.390 e. The Labute approximate surface area is 127 Å². The molecular formula is C18H24N2O. The van der Waals surface area contributed by atoms with Gasteiger partial charge < -0.3 is 15.7 Å². The van der Waals surface area contributed by atoms with Crippen LogP contribution in [0.2, 0.25) is 0 Å². The Bertz CT molecular complexity index is 501. The predicted molar refractivity (Wildman–Crippen MR) is 87.0 cm³/mol. The average Bonchev–Trinajstić information content (AvgIpc) is 2.54. The number of nitrogens with one attached hydrogen (secondary N) is 2. The van der Waals surface area contributed by atoms with Gasteiger partial charge in [0.25, 0.3) is 0 Å². The molecule has 0 saturated heterocycles. The summed E-state index contributed by atoms with van der Waals surface area (Å²) in [5, 5.41) is 16.6. The first-order valence-corrected chi connectivity index (χ1v) is 7.46. The third-order valence-corrected chi connectivity index (χ3v) is 3.51. The summed E-state index contributed by atoms with van der Waals surface area (Å²) in [5.74, 6) is 0. The Morgan fingerprint density at radius 3 is 2.19 bits per heavy atom. The zero-order valence-electron chi connectivity index (χ0n) is 12.5. The lowest BCUT2D eigenvalue weighted by atomic mass is 10.1. The molecule has 0 bridgehead atoms. The Kier molecular flexibility index (Phi) is 6.41. The van der Waals surface area contributed by atoms with Crippen molar-refractivity contribution in [2.45, 2.75) is 25.6 Å². The molecule has 0 fully saturated rings. The van der Waals surface area contributed by atoms with Gasteiger partial charge in [-0.15, -0.1) is 0 Å². The van der Waals surface area contributed by atoms with Gasteiger partial charge >= 0.3 is 0 Å². The second-order valence-corrected chi connectivity index (χ2v) is 5.31. The summed E-state index contributed by atoms with van der Waals surface area (Å²) in [6.07, 6.45) is -0.389. The van der Waals surface area contributed by atoms with Gasteiger partial charge in [0.05, 0.1) is 6.10 Å². The van der Waals surface area contributed by atoms with Gasteiger partial charge in [0.1, 0.15) is 0 Å². The van der Waals surface area contributed by atoms with Gasteiger partial charge in [0.15, 0.2) is 0 Å². The molecule has 2 atom stereocenters. The highest BCUT2D eigenvalue weighted by Gasteiger charge is 2.08. The fraction of sp³-hybridized carbons (Fsp3) is 0.333. The molecule has 0 radical (unpaired) electrons. The molecule has 0 aliphatic carbocycles. The molecule has 3 nitrogen and oxygen atoms in total. The van der Waals surface area contributed by atoms with Crippen molar-refractivity contribution in [2.75, 3.05) is 13.1 Å². The molecule has 1 unspecified atom stereocenters. The molecule has 112 valence electrons. The highest BCUT2D eigenvalue weighted by molar-refractivity contribution is 5.18. The zero-order chi connectivity index (χ0) is 14.9. The highest BCUT2D eigenvalue weighted by Crippen LogP contribution is 2.10. The van der Waals surface area contributed by atoms with E-state index in [1.807, 2.05) is 36.4 Å². The van der Waals surface area contributed by atoms with Crippen LogP contribution in [0.3, 0.4) is 0 Å². The summed E-state index contributed by atoms with van der Waals surface area (Å²) >= 11 is 0. The van der Waals surface area contributed by atoms with E-state index >= 15 is 0 Å².